The summed E-state index contributed by atoms with van der Waals surface area (Å²) in [6.07, 6.45) is 0. The van der Waals surface area contributed by atoms with Crippen LogP contribution < -0.4 is 14.7 Å². The molecule has 3 nitrogen and oxygen atoms in total. The van der Waals surface area contributed by atoms with Gasteiger partial charge in [0.1, 0.15) is 0 Å². The first-order valence-electron chi connectivity index (χ1n) is 50.6. The third kappa shape index (κ3) is 17.8. The summed E-state index contributed by atoms with van der Waals surface area (Å²) in [5, 5.41) is 15.2. The average molecular weight is 1890 g/mol. The Morgan fingerprint density at radius 1 is 0.143 bits per heavy atom. The molecular formula is C143H101N3S. The molecule has 694 valence electrons. The van der Waals surface area contributed by atoms with Crippen LogP contribution in [-0.4, -0.2) is 0 Å². The zero-order valence-electron chi connectivity index (χ0n) is 81.6. The highest BCUT2D eigenvalue weighted by atomic mass is 32.1. The SMILES string of the molecule is CC1(C)c2ccccc2-c2ccc(N(c3ccc(-c4ccccc4)cc3)c3ccc4cc(-c5ccc6ccccc6c5)ccc4c3)cc21.c1ccc(-c2ccc(N(c3ccc(-c4ccccc4)cc3)c3ccc(-c4cc(-c5ccccc5)c5ccccc5c4-c4ccccc4)cc3)cc2)cc1.c1ccc2cc(-c3ccc(N(c4ccc(-c5cccc6ccccc56)cc4)c4ccc5c(c4)sc4ccccc45)cc3)ccc2c1. The lowest BCUT2D eigenvalue weighted by Gasteiger charge is -2.28. The lowest BCUT2D eigenvalue weighted by molar-refractivity contribution is 0.660. The summed E-state index contributed by atoms with van der Waals surface area (Å²) in [5.41, 5.74) is 37.4. The maximum absolute atomic E-state index is 2.41. The molecule has 147 heavy (non-hydrogen) atoms. The lowest BCUT2D eigenvalue weighted by Crippen LogP contribution is -2.16. The Labute approximate surface area is 862 Å². The Balaban J connectivity index is 0.000000115. The van der Waals surface area contributed by atoms with Crippen molar-refractivity contribution in [3.8, 4) is 111 Å². The molecule has 0 bridgehead atoms. The Kier molecular flexibility index (Phi) is 24.0. The van der Waals surface area contributed by atoms with Crippen LogP contribution in [0.5, 0.6) is 0 Å². The standard InChI is InChI=1S/C52H37N.C47H35N.C44H29NS/c1-5-15-38(16-6-1)40-25-31-45(32-26-40)53(46-33-27-41(28-34-46)39-17-7-2-8-18-39)47-35-29-43(30-36-47)51-37-50(42-19-9-3-10-20-42)48-23-13-14-24-49(48)52(51)44-21-11-4-12-22-44;1-47(2)45-15-9-8-14-43(45)44-27-26-42(31-46(44)47)48(40-23-20-34(21-24-40)32-10-4-3-5-11-32)41-25-22-38-29-37(18-19-39(38)30-41)36-17-16-33-12-6-7-13-35(33)28-36;1-2-10-34-28-35(17-16-30(34)8-1)31-18-22-36(23-19-31)45(38-26-27-42-41-13-5-6-15-43(41)46-44(42)29-38)37-24-20-33(21-25-37)40-14-7-11-32-9-3-4-12-39(32)40/h1-37H;3-31H,1-2H3;1-29H. The maximum atomic E-state index is 2.41. The van der Waals surface area contributed by atoms with Crippen LogP contribution in [0.2, 0.25) is 0 Å². The van der Waals surface area contributed by atoms with Crippen molar-refractivity contribution in [2.24, 2.45) is 0 Å². The minimum atomic E-state index is -0.0761. The van der Waals surface area contributed by atoms with Crippen molar-refractivity contribution in [2.45, 2.75) is 19.3 Å². The largest absolute Gasteiger partial charge is 0.311 e. The number of nitrogens with zero attached hydrogens (tertiary/aromatic N) is 3. The highest BCUT2D eigenvalue weighted by molar-refractivity contribution is 7.25. The van der Waals surface area contributed by atoms with Gasteiger partial charge in [-0.3, -0.25) is 0 Å². The van der Waals surface area contributed by atoms with E-state index < -0.39 is 0 Å². The highest BCUT2D eigenvalue weighted by Gasteiger charge is 2.36. The van der Waals surface area contributed by atoms with Crippen LogP contribution >= 0.6 is 11.3 Å². The molecule has 0 saturated heterocycles. The van der Waals surface area contributed by atoms with E-state index in [4.69, 9.17) is 0 Å². The van der Waals surface area contributed by atoms with Gasteiger partial charge in [0.25, 0.3) is 0 Å². The number of benzene rings is 25. The van der Waals surface area contributed by atoms with Gasteiger partial charge in [0.15, 0.2) is 0 Å². The third-order valence-corrected chi connectivity index (χ3v) is 30.5. The molecule has 27 rings (SSSR count). The molecule has 0 aliphatic heterocycles. The van der Waals surface area contributed by atoms with Crippen molar-refractivity contribution in [1.29, 1.82) is 0 Å². The van der Waals surface area contributed by atoms with Crippen molar-refractivity contribution in [3.63, 3.8) is 0 Å². The van der Waals surface area contributed by atoms with Crippen LogP contribution in [0.4, 0.5) is 51.2 Å². The van der Waals surface area contributed by atoms with Crippen molar-refractivity contribution >= 4 is 137 Å². The normalized spacial score (nSPS) is 11.8. The second kappa shape index (κ2) is 39.4. The molecule has 1 aliphatic carbocycles. The molecular weight excluding hydrogens is 1790 g/mol. The van der Waals surface area contributed by atoms with Crippen LogP contribution in [0.15, 0.2) is 576 Å². The number of hydrogen-bond donors (Lipinski definition) is 0. The predicted molar refractivity (Wildman–Crippen MR) is 630 cm³/mol. The summed E-state index contributed by atoms with van der Waals surface area (Å²) in [7, 11) is 0. The summed E-state index contributed by atoms with van der Waals surface area (Å²) in [5.74, 6) is 0. The fourth-order valence-corrected chi connectivity index (χ4v) is 23.0. The first-order chi connectivity index (χ1) is 72.6. The molecule has 0 radical (unpaired) electrons. The van der Waals surface area contributed by atoms with Crippen molar-refractivity contribution in [3.05, 3.63) is 587 Å². The molecule has 1 aromatic heterocycles. The van der Waals surface area contributed by atoms with Crippen molar-refractivity contribution in [2.75, 3.05) is 14.7 Å². The van der Waals surface area contributed by atoms with Gasteiger partial charge in [-0.1, -0.05) is 451 Å². The summed E-state index contributed by atoms with van der Waals surface area (Å²) < 4.78 is 2.62. The molecule has 4 heteroatoms. The number of fused-ring (bicyclic) bond motifs is 11. The molecule has 26 aromatic rings. The van der Waals surface area contributed by atoms with E-state index in [-0.39, 0.29) is 5.41 Å². The van der Waals surface area contributed by atoms with Crippen LogP contribution in [0, 0.1) is 0 Å². The Morgan fingerprint density at radius 3 is 0.973 bits per heavy atom. The van der Waals surface area contributed by atoms with E-state index in [1.807, 2.05) is 11.3 Å². The average Bonchev–Trinajstić information content (AvgIpc) is 1.69. The van der Waals surface area contributed by atoms with Crippen LogP contribution in [0.25, 0.3) is 185 Å². The summed E-state index contributed by atoms with van der Waals surface area (Å²) in [6, 6.07) is 209. The van der Waals surface area contributed by atoms with Gasteiger partial charge in [0.2, 0.25) is 0 Å². The minimum absolute atomic E-state index is 0.0761. The van der Waals surface area contributed by atoms with Gasteiger partial charge in [-0.15, -0.1) is 11.3 Å². The Morgan fingerprint density at radius 2 is 0.442 bits per heavy atom. The first kappa shape index (κ1) is 89.7. The van der Waals surface area contributed by atoms with Crippen LogP contribution in [-0.2, 0) is 5.41 Å². The van der Waals surface area contributed by atoms with Crippen molar-refractivity contribution < 1.29 is 0 Å². The van der Waals surface area contributed by atoms with Gasteiger partial charge in [-0.05, 0) is 316 Å². The molecule has 0 N–H and O–H groups in total. The second-order valence-corrected chi connectivity index (χ2v) is 39.7. The fourth-order valence-electron chi connectivity index (χ4n) is 21.9. The predicted octanol–water partition coefficient (Wildman–Crippen LogP) is 40.9. The zero-order chi connectivity index (χ0) is 98.1. The van der Waals surface area contributed by atoms with Gasteiger partial charge in [-0.2, -0.15) is 0 Å². The third-order valence-electron chi connectivity index (χ3n) is 29.4. The Hall–Kier alpha value is -18.6. The molecule has 0 spiro atoms. The number of hydrogen-bond acceptors (Lipinski definition) is 4. The van der Waals surface area contributed by atoms with E-state index in [0.29, 0.717) is 0 Å². The van der Waals surface area contributed by atoms with E-state index in [1.54, 1.807) is 0 Å². The molecule has 0 amide bonds. The Bertz CT molecular complexity index is 9220. The molecule has 1 aliphatic rings. The molecule has 0 fully saturated rings. The molecule has 0 saturated carbocycles. The van der Waals surface area contributed by atoms with Crippen LogP contribution in [0.1, 0.15) is 25.0 Å². The summed E-state index contributed by atoms with van der Waals surface area (Å²) in [6.45, 7) is 4.70. The van der Waals surface area contributed by atoms with E-state index in [9.17, 15) is 0 Å². The lowest BCUT2D eigenvalue weighted by atomic mass is 9.82. The second-order valence-electron chi connectivity index (χ2n) is 38.6. The highest BCUT2D eigenvalue weighted by Crippen LogP contribution is 2.53. The van der Waals surface area contributed by atoms with E-state index in [0.717, 1.165) is 51.2 Å². The quantitative estimate of drug-likeness (QED) is 0.0848. The van der Waals surface area contributed by atoms with Gasteiger partial charge in [-0.25, -0.2) is 0 Å². The molecule has 0 unspecified atom stereocenters. The maximum Gasteiger partial charge on any atom is 0.0476 e. The van der Waals surface area contributed by atoms with Gasteiger partial charge in [0, 0.05) is 76.8 Å². The van der Waals surface area contributed by atoms with Crippen LogP contribution in [0.3, 0.4) is 0 Å². The zero-order valence-corrected chi connectivity index (χ0v) is 82.4. The number of anilines is 9. The van der Waals surface area contributed by atoms with E-state index >= 15 is 0 Å². The molecule has 25 aromatic carbocycles. The summed E-state index contributed by atoms with van der Waals surface area (Å²) in [4.78, 5) is 7.13. The molecule has 0 atom stereocenters. The smallest absolute Gasteiger partial charge is 0.0476 e. The van der Waals surface area contributed by atoms with Crippen molar-refractivity contribution in [1.82, 2.24) is 0 Å². The van der Waals surface area contributed by atoms with Gasteiger partial charge >= 0.3 is 0 Å². The number of thiophene rings is 1. The minimum Gasteiger partial charge on any atom is -0.311 e. The van der Waals surface area contributed by atoms with E-state index in [1.165, 1.54) is 196 Å². The fraction of sp³-hybridized carbons (Fsp3) is 0.0210. The van der Waals surface area contributed by atoms with Gasteiger partial charge in [0.05, 0.1) is 0 Å². The monoisotopic (exact) mass is 1890 g/mol. The molecule has 1 heterocycles. The van der Waals surface area contributed by atoms with Gasteiger partial charge < -0.3 is 14.7 Å². The number of rotatable bonds is 18. The van der Waals surface area contributed by atoms with E-state index in [2.05, 4.69) is 605 Å². The topological polar surface area (TPSA) is 9.72 Å². The first-order valence-corrected chi connectivity index (χ1v) is 51.4. The summed E-state index contributed by atoms with van der Waals surface area (Å²) >= 11 is 1.86.